The van der Waals surface area contributed by atoms with Gasteiger partial charge in [0, 0.05) is 22.7 Å². The minimum atomic E-state index is -0.564. The molecule has 1 aliphatic carbocycles. The fourth-order valence-corrected chi connectivity index (χ4v) is 4.32. The Labute approximate surface area is 180 Å². The first-order valence-electron chi connectivity index (χ1n) is 10.6. The van der Waals surface area contributed by atoms with E-state index in [1.165, 1.54) is 17.7 Å². The number of aromatic nitrogens is 1. The summed E-state index contributed by atoms with van der Waals surface area (Å²) < 4.78 is 26.8. The number of hydrogen-bond acceptors (Lipinski definition) is 4. The summed E-state index contributed by atoms with van der Waals surface area (Å²) in [6.07, 6.45) is 3.88. The average Bonchev–Trinajstić information content (AvgIpc) is 3.34. The van der Waals surface area contributed by atoms with E-state index in [1.807, 2.05) is 19.1 Å². The van der Waals surface area contributed by atoms with Gasteiger partial charge in [-0.1, -0.05) is 17.7 Å². The number of aryl methyl sites for hydroxylation is 1. The van der Waals surface area contributed by atoms with Gasteiger partial charge < -0.3 is 9.47 Å². The second-order valence-corrected chi connectivity index (χ2v) is 8.15. The van der Waals surface area contributed by atoms with Crippen molar-refractivity contribution in [2.45, 2.75) is 52.1 Å². The maximum Gasteiger partial charge on any atom is 0.310 e. The van der Waals surface area contributed by atoms with Gasteiger partial charge in [0.15, 0.2) is 11.6 Å². The lowest BCUT2D eigenvalue weighted by molar-refractivity contribution is -0.147. The topological polar surface area (TPSA) is 57.5 Å². The lowest BCUT2D eigenvalue weighted by atomic mass is 10.1. The van der Waals surface area contributed by atoms with Crippen LogP contribution < -0.4 is 4.74 Å². The van der Waals surface area contributed by atoms with E-state index in [0.29, 0.717) is 27.7 Å². The summed E-state index contributed by atoms with van der Waals surface area (Å²) >= 11 is 0. The number of rotatable bonds is 5. The van der Waals surface area contributed by atoms with Crippen molar-refractivity contribution in [3.63, 3.8) is 0 Å². The summed E-state index contributed by atoms with van der Waals surface area (Å²) in [6.45, 7) is 3.72. The van der Waals surface area contributed by atoms with E-state index < -0.39 is 5.82 Å². The number of nitrogens with zero attached hydrogens (tertiary/aromatic N) is 1. The fourth-order valence-electron chi connectivity index (χ4n) is 4.32. The highest BCUT2D eigenvalue weighted by molar-refractivity contribution is 6.05. The van der Waals surface area contributed by atoms with Gasteiger partial charge in [-0.2, -0.15) is 0 Å². The summed E-state index contributed by atoms with van der Waals surface area (Å²) in [4.78, 5) is 26.0. The molecule has 0 unspecified atom stereocenters. The van der Waals surface area contributed by atoms with E-state index in [0.717, 1.165) is 31.2 Å². The second-order valence-electron chi connectivity index (χ2n) is 8.15. The molecule has 1 fully saturated rings. The summed E-state index contributed by atoms with van der Waals surface area (Å²) in [5.41, 5.74) is 3.18. The third-order valence-electron chi connectivity index (χ3n) is 6.03. The first-order valence-corrected chi connectivity index (χ1v) is 10.6. The highest BCUT2D eigenvalue weighted by Gasteiger charge is 2.25. The molecule has 0 spiro atoms. The third kappa shape index (κ3) is 4.07. The van der Waals surface area contributed by atoms with Crippen molar-refractivity contribution in [3.8, 4) is 5.75 Å². The molecule has 0 aliphatic heterocycles. The standard InChI is InChI=1S/C25H26FNO4/c1-15-8-10-17(11-9-15)25(29)27-16(2)19(13-24(28)31-18-6-4-5-7-18)20-12-23(30-3)21(26)14-22(20)27/h8-12,14,18H,4-7,13H2,1-3H3. The van der Waals surface area contributed by atoms with Crippen molar-refractivity contribution in [1.29, 1.82) is 0 Å². The van der Waals surface area contributed by atoms with Crippen molar-refractivity contribution in [2.24, 2.45) is 0 Å². The van der Waals surface area contributed by atoms with E-state index in [9.17, 15) is 14.0 Å². The maximum absolute atomic E-state index is 14.6. The quantitative estimate of drug-likeness (QED) is 0.535. The maximum atomic E-state index is 14.6. The van der Waals surface area contributed by atoms with Gasteiger partial charge in [-0.25, -0.2) is 4.39 Å². The second kappa shape index (κ2) is 8.53. The van der Waals surface area contributed by atoms with E-state index in [-0.39, 0.29) is 30.2 Å². The van der Waals surface area contributed by atoms with Crippen LogP contribution in [0, 0.1) is 19.7 Å². The molecule has 1 aliphatic rings. The first kappa shape index (κ1) is 21.1. The molecule has 4 rings (SSSR count). The predicted molar refractivity (Wildman–Crippen MR) is 116 cm³/mol. The Morgan fingerprint density at radius 2 is 1.77 bits per heavy atom. The monoisotopic (exact) mass is 423 g/mol. The van der Waals surface area contributed by atoms with Crippen LogP contribution in [0.15, 0.2) is 36.4 Å². The summed E-state index contributed by atoms with van der Waals surface area (Å²) in [7, 11) is 1.39. The van der Waals surface area contributed by atoms with Crippen LogP contribution >= 0.6 is 0 Å². The molecule has 1 aromatic heterocycles. The molecule has 6 heteroatoms. The van der Waals surface area contributed by atoms with Gasteiger partial charge in [0.2, 0.25) is 0 Å². The molecule has 5 nitrogen and oxygen atoms in total. The molecule has 0 radical (unpaired) electrons. The van der Waals surface area contributed by atoms with Gasteiger partial charge in [0.05, 0.1) is 19.0 Å². The Morgan fingerprint density at radius 3 is 2.42 bits per heavy atom. The van der Waals surface area contributed by atoms with E-state index in [1.54, 1.807) is 25.1 Å². The molecule has 0 N–H and O–H groups in total. The number of halogens is 1. The lowest BCUT2D eigenvalue weighted by Crippen LogP contribution is -2.17. The van der Waals surface area contributed by atoms with Crippen LogP contribution in [-0.2, 0) is 16.0 Å². The Balaban J connectivity index is 1.79. The average molecular weight is 423 g/mol. The Bertz CT molecular complexity index is 1140. The Morgan fingerprint density at radius 1 is 1.10 bits per heavy atom. The largest absolute Gasteiger partial charge is 0.494 e. The van der Waals surface area contributed by atoms with Gasteiger partial charge in [0.1, 0.15) is 6.10 Å². The highest BCUT2D eigenvalue weighted by atomic mass is 19.1. The zero-order chi connectivity index (χ0) is 22.1. The van der Waals surface area contributed by atoms with Gasteiger partial charge >= 0.3 is 5.97 Å². The molecule has 1 heterocycles. The van der Waals surface area contributed by atoms with Crippen molar-refractivity contribution in [1.82, 2.24) is 4.57 Å². The van der Waals surface area contributed by atoms with Gasteiger partial charge in [-0.3, -0.25) is 14.2 Å². The zero-order valence-electron chi connectivity index (χ0n) is 18.0. The van der Waals surface area contributed by atoms with Crippen LogP contribution in [0.25, 0.3) is 10.9 Å². The zero-order valence-corrected chi connectivity index (χ0v) is 18.0. The molecular formula is C25H26FNO4. The smallest absolute Gasteiger partial charge is 0.310 e. The van der Waals surface area contributed by atoms with E-state index >= 15 is 0 Å². The number of carbonyl (C=O) groups is 2. The summed E-state index contributed by atoms with van der Waals surface area (Å²) in [5, 5.41) is 0.611. The fraction of sp³-hybridized carbons (Fsp3) is 0.360. The number of hydrogen-bond donors (Lipinski definition) is 0. The third-order valence-corrected chi connectivity index (χ3v) is 6.03. The van der Waals surface area contributed by atoms with Crippen molar-refractivity contribution < 1.29 is 23.5 Å². The van der Waals surface area contributed by atoms with Gasteiger partial charge in [0.25, 0.3) is 5.91 Å². The van der Waals surface area contributed by atoms with Gasteiger partial charge in [-0.05, 0) is 63.3 Å². The molecule has 0 saturated heterocycles. The molecular weight excluding hydrogens is 397 g/mol. The number of methoxy groups -OCH3 is 1. The predicted octanol–water partition coefficient (Wildman–Crippen LogP) is 5.12. The van der Waals surface area contributed by atoms with E-state index in [2.05, 4.69) is 0 Å². The molecule has 0 atom stereocenters. The minimum absolute atomic E-state index is 0.0157. The van der Waals surface area contributed by atoms with Crippen LogP contribution in [0.3, 0.4) is 0 Å². The number of esters is 1. The van der Waals surface area contributed by atoms with Crippen LogP contribution in [0.2, 0.25) is 0 Å². The number of fused-ring (bicyclic) bond motifs is 1. The van der Waals surface area contributed by atoms with Gasteiger partial charge in [-0.15, -0.1) is 0 Å². The highest BCUT2D eigenvalue weighted by Crippen LogP contribution is 2.33. The molecule has 2 aromatic carbocycles. The lowest BCUT2D eigenvalue weighted by Gasteiger charge is -2.11. The van der Waals surface area contributed by atoms with Crippen LogP contribution in [-0.4, -0.2) is 29.7 Å². The molecule has 162 valence electrons. The first-order chi connectivity index (χ1) is 14.9. The van der Waals surface area contributed by atoms with E-state index in [4.69, 9.17) is 9.47 Å². The molecule has 3 aromatic rings. The number of carbonyl (C=O) groups excluding carboxylic acids is 2. The summed E-state index contributed by atoms with van der Waals surface area (Å²) in [5.74, 6) is -1.11. The summed E-state index contributed by atoms with van der Waals surface area (Å²) in [6, 6.07) is 10.1. The minimum Gasteiger partial charge on any atom is -0.494 e. The number of benzene rings is 2. The molecule has 0 bridgehead atoms. The molecule has 0 amide bonds. The number of ether oxygens (including phenoxy) is 2. The van der Waals surface area contributed by atoms with Crippen LogP contribution in [0.4, 0.5) is 4.39 Å². The molecule has 31 heavy (non-hydrogen) atoms. The van der Waals surface area contributed by atoms with Crippen molar-refractivity contribution in [2.75, 3.05) is 7.11 Å². The van der Waals surface area contributed by atoms with Crippen LogP contribution in [0.5, 0.6) is 5.75 Å². The molecule has 1 saturated carbocycles. The Kier molecular flexibility index (Phi) is 5.81. The van der Waals surface area contributed by atoms with Crippen molar-refractivity contribution >= 4 is 22.8 Å². The normalized spacial score (nSPS) is 14.2. The SMILES string of the molecule is COc1cc2c(CC(=O)OC3CCCC3)c(C)n(C(=O)c3ccc(C)cc3)c2cc1F. The van der Waals surface area contributed by atoms with Crippen LogP contribution in [0.1, 0.15) is 52.9 Å². The van der Waals surface area contributed by atoms with Crippen molar-refractivity contribution in [3.05, 3.63) is 64.6 Å². The Hall–Kier alpha value is -3.15.